The summed E-state index contributed by atoms with van der Waals surface area (Å²) >= 11 is 7.43. The highest BCUT2D eigenvalue weighted by molar-refractivity contribution is 7.89. The van der Waals surface area contributed by atoms with Crippen molar-refractivity contribution in [2.24, 2.45) is 5.73 Å². The predicted molar refractivity (Wildman–Crippen MR) is 77.7 cm³/mol. The van der Waals surface area contributed by atoms with Gasteiger partial charge in [-0.3, -0.25) is 0 Å². The molecule has 0 radical (unpaired) electrons. The maximum atomic E-state index is 12.2. The number of benzene rings is 1. The molecule has 0 aliphatic heterocycles. The molecule has 0 amide bonds. The van der Waals surface area contributed by atoms with Gasteiger partial charge in [-0.05, 0) is 29.1 Å². The van der Waals surface area contributed by atoms with E-state index in [0.29, 0.717) is 0 Å². The van der Waals surface area contributed by atoms with E-state index in [0.717, 1.165) is 10.4 Å². The van der Waals surface area contributed by atoms with Gasteiger partial charge in [-0.15, -0.1) is 11.3 Å². The zero-order chi connectivity index (χ0) is 13.9. The van der Waals surface area contributed by atoms with Crippen LogP contribution < -0.4 is 10.5 Å². The summed E-state index contributed by atoms with van der Waals surface area (Å²) in [6, 6.07) is 8.49. The summed E-state index contributed by atoms with van der Waals surface area (Å²) in [6.45, 7) is 0.522. The van der Waals surface area contributed by atoms with Gasteiger partial charge in [0.15, 0.2) is 0 Å². The molecule has 1 aromatic heterocycles. The first-order chi connectivity index (χ1) is 9.03. The smallest absolute Gasteiger partial charge is 0.242 e. The molecule has 0 saturated heterocycles. The van der Waals surface area contributed by atoms with Crippen molar-refractivity contribution in [3.63, 3.8) is 0 Å². The summed E-state index contributed by atoms with van der Waals surface area (Å²) in [5, 5.41) is 2.09. The van der Waals surface area contributed by atoms with E-state index < -0.39 is 10.0 Å². The monoisotopic (exact) mass is 316 g/mol. The number of nitrogens with two attached hydrogens (primary N) is 1. The van der Waals surface area contributed by atoms with Gasteiger partial charge in [0.2, 0.25) is 10.0 Å². The lowest BCUT2D eigenvalue weighted by Crippen LogP contribution is -2.23. The molecule has 1 heterocycles. The quantitative estimate of drug-likeness (QED) is 0.889. The first-order valence-electron chi connectivity index (χ1n) is 5.53. The van der Waals surface area contributed by atoms with Crippen molar-refractivity contribution in [2.45, 2.75) is 18.0 Å². The second kappa shape index (κ2) is 6.02. The highest BCUT2D eigenvalue weighted by atomic mass is 35.5. The van der Waals surface area contributed by atoms with Crippen LogP contribution in [0.15, 0.2) is 40.6 Å². The molecule has 102 valence electrons. The van der Waals surface area contributed by atoms with Crippen molar-refractivity contribution in [1.29, 1.82) is 0 Å². The van der Waals surface area contributed by atoms with Gasteiger partial charge in [0.05, 0.1) is 5.02 Å². The zero-order valence-electron chi connectivity index (χ0n) is 9.97. The molecule has 2 aromatic rings. The van der Waals surface area contributed by atoms with Gasteiger partial charge in [0.25, 0.3) is 0 Å². The second-order valence-electron chi connectivity index (χ2n) is 3.87. The van der Waals surface area contributed by atoms with E-state index in [-0.39, 0.29) is 23.0 Å². The Hall–Kier alpha value is -0.920. The van der Waals surface area contributed by atoms with Gasteiger partial charge in [-0.1, -0.05) is 23.7 Å². The molecular formula is C12H13ClN2O2S2. The van der Waals surface area contributed by atoms with Crippen LogP contribution in [0.3, 0.4) is 0 Å². The number of hydrogen-bond acceptors (Lipinski definition) is 4. The van der Waals surface area contributed by atoms with Crippen LogP contribution in [-0.4, -0.2) is 8.42 Å². The van der Waals surface area contributed by atoms with Crippen LogP contribution >= 0.6 is 22.9 Å². The minimum absolute atomic E-state index is 0.0636. The first-order valence-corrected chi connectivity index (χ1v) is 8.27. The summed E-state index contributed by atoms with van der Waals surface area (Å²) in [7, 11) is -3.63. The molecule has 0 aliphatic rings. The molecule has 0 spiro atoms. The standard InChI is InChI=1S/C12H13ClN2O2S2/c13-11-4-3-9(7-14)6-12(11)19(16,17)15-8-10-2-1-5-18-10/h1-6,15H,7-8,14H2. The SMILES string of the molecule is NCc1ccc(Cl)c(S(=O)(=O)NCc2cccs2)c1. The summed E-state index contributed by atoms with van der Waals surface area (Å²) in [5.41, 5.74) is 6.23. The van der Waals surface area contributed by atoms with Gasteiger partial charge in [-0.2, -0.15) is 0 Å². The van der Waals surface area contributed by atoms with Gasteiger partial charge in [0, 0.05) is 18.0 Å². The molecule has 0 aliphatic carbocycles. The van der Waals surface area contributed by atoms with Crippen LogP contribution in [0.5, 0.6) is 0 Å². The Bertz CT molecular complexity index is 654. The van der Waals surface area contributed by atoms with Gasteiger partial charge in [-0.25, -0.2) is 13.1 Å². The molecule has 0 saturated carbocycles. The Morgan fingerprint density at radius 1 is 1.32 bits per heavy atom. The first kappa shape index (κ1) is 14.5. The van der Waals surface area contributed by atoms with Gasteiger partial charge in [0.1, 0.15) is 4.90 Å². The number of hydrogen-bond donors (Lipinski definition) is 2. The maximum absolute atomic E-state index is 12.2. The summed E-state index contributed by atoms with van der Waals surface area (Å²) < 4.78 is 26.9. The molecule has 0 atom stereocenters. The van der Waals surface area contributed by atoms with Crippen LogP contribution in [0, 0.1) is 0 Å². The molecule has 3 N–H and O–H groups in total. The Labute approximate surface area is 121 Å². The van der Waals surface area contributed by atoms with Crippen LogP contribution in [0.2, 0.25) is 5.02 Å². The average Bonchev–Trinajstić information content (AvgIpc) is 2.90. The third-order valence-electron chi connectivity index (χ3n) is 2.54. The lowest BCUT2D eigenvalue weighted by atomic mass is 10.2. The fourth-order valence-corrected chi connectivity index (χ4v) is 3.83. The van der Waals surface area contributed by atoms with Crippen LogP contribution in [0.1, 0.15) is 10.4 Å². The minimum Gasteiger partial charge on any atom is -0.326 e. The van der Waals surface area contributed by atoms with E-state index in [1.54, 1.807) is 12.1 Å². The van der Waals surface area contributed by atoms with E-state index in [1.165, 1.54) is 17.4 Å². The zero-order valence-corrected chi connectivity index (χ0v) is 12.4. The Kier molecular flexibility index (Phi) is 4.59. The van der Waals surface area contributed by atoms with Crippen molar-refractivity contribution < 1.29 is 8.42 Å². The summed E-state index contributed by atoms with van der Waals surface area (Å²) in [4.78, 5) is 1.00. The fourth-order valence-electron chi connectivity index (χ4n) is 1.54. The fraction of sp³-hybridized carbons (Fsp3) is 0.167. The molecule has 4 nitrogen and oxygen atoms in total. The number of rotatable bonds is 5. The average molecular weight is 317 g/mol. The number of halogens is 1. The molecular weight excluding hydrogens is 304 g/mol. The van der Waals surface area contributed by atoms with Crippen LogP contribution in [-0.2, 0) is 23.1 Å². The third-order valence-corrected chi connectivity index (χ3v) is 5.30. The molecule has 0 fully saturated rings. The van der Waals surface area contributed by atoms with Crippen LogP contribution in [0.25, 0.3) is 0 Å². The third kappa shape index (κ3) is 3.55. The van der Waals surface area contributed by atoms with Crippen molar-refractivity contribution >= 4 is 33.0 Å². The van der Waals surface area contributed by atoms with Crippen molar-refractivity contribution in [2.75, 3.05) is 0 Å². The van der Waals surface area contributed by atoms with E-state index in [2.05, 4.69) is 4.72 Å². The molecule has 2 rings (SSSR count). The van der Waals surface area contributed by atoms with E-state index >= 15 is 0 Å². The lowest BCUT2D eigenvalue weighted by Gasteiger charge is -2.09. The largest absolute Gasteiger partial charge is 0.326 e. The Balaban J connectivity index is 2.23. The summed E-state index contributed by atoms with van der Waals surface area (Å²) in [5.74, 6) is 0. The Morgan fingerprint density at radius 2 is 2.11 bits per heavy atom. The molecule has 19 heavy (non-hydrogen) atoms. The molecule has 0 unspecified atom stereocenters. The number of thiophene rings is 1. The predicted octanol–water partition coefficient (Wildman–Crippen LogP) is 2.34. The molecule has 1 aromatic carbocycles. The second-order valence-corrected chi connectivity index (χ2v) is 7.05. The van der Waals surface area contributed by atoms with E-state index in [4.69, 9.17) is 17.3 Å². The highest BCUT2D eigenvalue weighted by Gasteiger charge is 2.18. The number of nitrogens with one attached hydrogen (secondary N) is 1. The Morgan fingerprint density at radius 3 is 2.74 bits per heavy atom. The normalized spacial score (nSPS) is 11.7. The summed E-state index contributed by atoms with van der Waals surface area (Å²) in [6.07, 6.45) is 0. The minimum atomic E-state index is -3.63. The van der Waals surface area contributed by atoms with Crippen molar-refractivity contribution in [3.8, 4) is 0 Å². The van der Waals surface area contributed by atoms with Gasteiger partial charge < -0.3 is 5.73 Å². The van der Waals surface area contributed by atoms with E-state index in [1.807, 2.05) is 17.5 Å². The lowest BCUT2D eigenvalue weighted by molar-refractivity contribution is 0.581. The van der Waals surface area contributed by atoms with Crippen LogP contribution in [0.4, 0.5) is 0 Å². The molecule has 7 heteroatoms. The van der Waals surface area contributed by atoms with Crippen molar-refractivity contribution in [3.05, 3.63) is 51.2 Å². The molecule has 0 bridgehead atoms. The van der Waals surface area contributed by atoms with Gasteiger partial charge >= 0.3 is 0 Å². The maximum Gasteiger partial charge on any atom is 0.242 e. The van der Waals surface area contributed by atoms with E-state index in [9.17, 15) is 8.42 Å². The highest BCUT2D eigenvalue weighted by Crippen LogP contribution is 2.23. The van der Waals surface area contributed by atoms with Crippen molar-refractivity contribution in [1.82, 2.24) is 4.72 Å². The number of sulfonamides is 1. The topological polar surface area (TPSA) is 72.2 Å².